The zero-order valence-corrected chi connectivity index (χ0v) is 14.2. The van der Waals surface area contributed by atoms with Gasteiger partial charge in [0.15, 0.2) is 5.76 Å². The molecule has 0 N–H and O–H groups in total. The van der Waals surface area contributed by atoms with E-state index in [1.165, 1.54) is 0 Å². The number of amides is 1. The maximum Gasteiger partial charge on any atom is 0.290 e. The van der Waals surface area contributed by atoms with Crippen LogP contribution in [0.2, 0.25) is 0 Å². The van der Waals surface area contributed by atoms with Crippen molar-refractivity contribution < 1.29 is 9.21 Å². The third kappa shape index (κ3) is 3.49. The molecule has 0 aliphatic carbocycles. The molecular weight excluding hydrogens is 324 g/mol. The number of pyridine rings is 1. The number of fused-ring (bicyclic) bond motifs is 1. The second kappa shape index (κ2) is 7.23. The Kier molecular flexibility index (Phi) is 4.48. The number of benzene rings is 2. The number of carbonyl (C=O) groups excluding carboxylic acids is 1. The molecule has 0 saturated carbocycles. The van der Waals surface area contributed by atoms with Gasteiger partial charge in [-0.1, -0.05) is 54.6 Å². The predicted octanol–water partition coefficient (Wildman–Crippen LogP) is 4.67. The first-order valence-electron chi connectivity index (χ1n) is 8.50. The van der Waals surface area contributed by atoms with Crippen LogP contribution >= 0.6 is 0 Å². The van der Waals surface area contributed by atoms with E-state index in [0.717, 1.165) is 22.1 Å². The summed E-state index contributed by atoms with van der Waals surface area (Å²) in [4.78, 5) is 19.1. The van der Waals surface area contributed by atoms with Crippen LogP contribution in [0.3, 0.4) is 0 Å². The highest BCUT2D eigenvalue weighted by Crippen LogP contribution is 2.21. The van der Waals surface area contributed by atoms with Crippen molar-refractivity contribution in [1.29, 1.82) is 0 Å². The van der Waals surface area contributed by atoms with Crippen molar-refractivity contribution in [3.63, 3.8) is 0 Å². The average molecular weight is 342 g/mol. The minimum Gasteiger partial charge on any atom is -0.451 e. The van der Waals surface area contributed by atoms with Crippen LogP contribution in [0.5, 0.6) is 0 Å². The third-order valence-corrected chi connectivity index (χ3v) is 4.24. The fourth-order valence-corrected chi connectivity index (χ4v) is 2.96. The Bertz CT molecular complexity index is 935. The molecule has 2 heterocycles. The minimum atomic E-state index is -0.131. The SMILES string of the molecule is O=C(c1cc2ccccc2o1)N(Cc1ccccc1)Cc1cccnc1. The summed E-state index contributed by atoms with van der Waals surface area (Å²) in [5, 5.41) is 0.928. The Hall–Kier alpha value is -3.40. The molecule has 0 fully saturated rings. The lowest BCUT2D eigenvalue weighted by Gasteiger charge is -2.22. The third-order valence-electron chi connectivity index (χ3n) is 4.24. The monoisotopic (exact) mass is 342 g/mol. The highest BCUT2D eigenvalue weighted by molar-refractivity contribution is 5.96. The number of hydrogen-bond donors (Lipinski definition) is 0. The van der Waals surface area contributed by atoms with E-state index >= 15 is 0 Å². The van der Waals surface area contributed by atoms with Gasteiger partial charge in [-0.15, -0.1) is 0 Å². The molecule has 2 aromatic heterocycles. The van der Waals surface area contributed by atoms with Gasteiger partial charge in [0.25, 0.3) is 5.91 Å². The number of carbonyl (C=O) groups is 1. The summed E-state index contributed by atoms with van der Waals surface area (Å²) in [6, 6.07) is 23.2. The maximum absolute atomic E-state index is 13.1. The van der Waals surface area contributed by atoms with Crippen molar-refractivity contribution in [2.75, 3.05) is 0 Å². The Labute approximate surface area is 151 Å². The van der Waals surface area contributed by atoms with Crippen molar-refractivity contribution in [3.8, 4) is 0 Å². The molecule has 0 atom stereocenters. The van der Waals surface area contributed by atoms with E-state index < -0.39 is 0 Å². The topological polar surface area (TPSA) is 46.3 Å². The number of hydrogen-bond acceptors (Lipinski definition) is 3. The number of rotatable bonds is 5. The summed E-state index contributed by atoms with van der Waals surface area (Å²) in [5.74, 6) is 0.222. The molecule has 128 valence electrons. The lowest BCUT2D eigenvalue weighted by Crippen LogP contribution is -2.29. The van der Waals surface area contributed by atoms with Gasteiger partial charge in [-0.05, 0) is 29.3 Å². The average Bonchev–Trinajstić information content (AvgIpc) is 3.13. The molecule has 0 unspecified atom stereocenters. The smallest absolute Gasteiger partial charge is 0.290 e. The van der Waals surface area contributed by atoms with Gasteiger partial charge in [0, 0.05) is 30.9 Å². The highest BCUT2D eigenvalue weighted by Gasteiger charge is 2.20. The van der Waals surface area contributed by atoms with E-state index in [0.29, 0.717) is 18.8 Å². The molecule has 0 aliphatic rings. The quantitative estimate of drug-likeness (QED) is 0.529. The Morgan fingerprint density at radius 1 is 0.885 bits per heavy atom. The van der Waals surface area contributed by atoms with Crippen molar-refractivity contribution >= 4 is 16.9 Å². The van der Waals surface area contributed by atoms with Crippen LogP contribution in [-0.4, -0.2) is 15.8 Å². The van der Waals surface area contributed by atoms with E-state index in [9.17, 15) is 4.79 Å². The van der Waals surface area contributed by atoms with Crippen LogP contribution in [0.15, 0.2) is 89.6 Å². The van der Waals surface area contributed by atoms with Crippen LogP contribution in [0.25, 0.3) is 11.0 Å². The Balaban J connectivity index is 1.65. The second-order valence-electron chi connectivity index (χ2n) is 6.16. The molecule has 0 bridgehead atoms. The second-order valence-corrected chi connectivity index (χ2v) is 6.16. The van der Waals surface area contributed by atoms with Crippen LogP contribution in [0, 0.1) is 0 Å². The standard InChI is InChI=1S/C22H18N2O2/c25-22(21-13-19-10-4-5-11-20(19)26-21)24(15-17-7-2-1-3-8-17)16-18-9-6-12-23-14-18/h1-14H,15-16H2. The molecule has 4 aromatic rings. The predicted molar refractivity (Wildman–Crippen MR) is 100 cm³/mol. The summed E-state index contributed by atoms with van der Waals surface area (Å²) in [6.45, 7) is 0.976. The highest BCUT2D eigenvalue weighted by atomic mass is 16.3. The van der Waals surface area contributed by atoms with Crippen molar-refractivity contribution in [2.24, 2.45) is 0 Å². The Morgan fingerprint density at radius 2 is 1.62 bits per heavy atom. The molecule has 26 heavy (non-hydrogen) atoms. The maximum atomic E-state index is 13.1. The first-order chi connectivity index (χ1) is 12.8. The molecular formula is C22H18N2O2. The van der Waals surface area contributed by atoms with Gasteiger partial charge >= 0.3 is 0 Å². The van der Waals surface area contributed by atoms with Crippen molar-refractivity contribution in [1.82, 2.24) is 9.88 Å². The van der Waals surface area contributed by atoms with E-state index in [2.05, 4.69) is 4.98 Å². The summed E-state index contributed by atoms with van der Waals surface area (Å²) < 4.78 is 5.78. The van der Waals surface area contributed by atoms with Gasteiger partial charge in [0.2, 0.25) is 0 Å². The summed E-state index contributed by atoms with van der Waals surface area (Å²) >= 11 is 0. The van der Waals surface area contributed by atoms with E-state index in [-0.39, 0.29) is 5.91 Å². The lowest BCUT2D eigenvalue weighted by atomic mass is 10.2. The van der Waals surface area contributed by atoms with Crippen LogP contribution < -0.4 is 0 Å². The molecule has 4 nitrogen and oxygen atoms in total. The zero-order chi connectivity index (χ0) is 17.8. The van der Waals surface area contributed by atoms with E-state index in [4.69, 9.17) is 4.42 Å². The van der Waals surface area contributed by atoms with E-state index in [1.54, 1.807) is 23.4 Å². The molecule has 0 radical (unpaired) electrons. The summed E-state index contributed by atoms with van der Waals surface area (Å²) in [7, 11) is 0. The van der Waals surface area contributed by atoms with Gasteiger partial charge in [-0.25, -0.2) is 0 Å². The summed E-state index contributed by atoms with van der Waals surface area (Å²) in [5.41, 5.74) is 2.77. The van der Waals surface area contributed by atoms with Gasteiger partial charge in [-0.2, -0.15) is 0 Å². The largest absolute Gasteiger partial charge is 0.451 e. The van der Waals surface area contributed by atoms with Gasteiger partial charge in [-0.3, -0.25) is 9.78 Å². The van der Waals surface area contributed by atoms with Crippen molar-refractivity contribution in [3.05, 3.63) is 102 Å². The van der Waals surface area contributed by atoms with Crippen LogP contribution in [0.1, 0.15) is 21.7 Å². The first-order valence-corrected chi connectivity index (χ1v) is 8.50. The minimum absolute atomic E-state index is 0.131. The molecule has 4 heteroatoms. The number of aromatic nitrogens is 1. The molecule has 0 aliphatic heterocycles. The Morgan fingerprint density at radius 3 is 2.38 bits per heavy atom. The number of para-hydroxylation sites is 1. The number of furan rings is 1. The normalized spacial score (nSPS) is 10.8. The molecule has 0 saturated heterocycles. The van der Waals surface area contributed by atoms with Gasteiger partial charge in [0.1, 0.15) is 5.58 Å². The van der Waals surface area contributed by atoms with Gasteiger partial charge in [0.05, 0.1) is 0 Å². The molecule has 4 rings (SSSR count). The van der Waals surface area contributed by atoms with Crippen LogP contribution in [-0.2, 0) is 13.1 Å². The van der Waals surface area contributed by atoms with Crippen LogP contribution in [0.4, 0.5) is 0 Å². The lowest BCUT2D eigenvalue weighted by molar-refractivity contribution is 0.0700. The first kappa shape index (κ1) is 16.1. The summed E-state index contributed by atoms with van der Waals surface area (Å²) in [6.07, 6.45) is 3.51. The molecule has 2 aromatic carbocycles. The fourth-order valence-electron chi connectivity index (χ4n) is 2.96. The molecule has 0 spiro atoms. The fraction of sp³-hybridized carbons (Fsp3) is 0.0909. The number of nitrogens with zero attached hydrogens (tertiary/aromatic N) is 2. The van der Waals surface area contributed by atoms with Crippen molar-refractivity contribution in [2.45, 2.75) is 13.1 Å². The van der Waals surface area contributed by atoms with E-state index in [1.807, 2.05) is 66.7 Å². The van der Waals surface area contributed by atoms with Gasteiger partial charge < -0.3 is 9.32 Å². The zero-order valence-electron chi connectivity index (χ0n) is 14.2. The molecule has 1 amide bonds.